The van der Waals surface area contributed by atoms with Gasteiger partial charge in [0.1, 0.15) is 60.4 Å². The smallest absolute Gasteiger partial charge is 0.324 e. The molecule has 0 radical (unpaired) electrons. The van der Waals surface area contributed by atoms with E-state index in [-0.39, 0.29) is 108 Å². The van der Waals surface area contributed by atoms with Crippen molar-refractivity contribution in [3.8, 4) is 0 Å². The Morgan fingerprint density at radius 3 is 1.64 bits per heavy atom. The molecule has 112 heavy (non-hydrogen) atoms. The van der Waals surface area contributed by atoms with Crippen LogP contribution in [0.25, 0.3) is 0 Å². The zero-order valence-electron chi connectivity index (χ0n) is 65.1. The molecule has 4 bridgehead atoms. The van der Waals surface area contributed by atoms with Gasteiger partial charge in [0.2, 0.25) is 65.3 Å². The molecule has 17 amide bonds. The molecule has 626 valence electrons. The summed E-state index contributed by atoms with van der Waals surface area (Å²) in [7, 11) is 1.70. The minimum Gasteiger partial charge on any atom is -0.394 e. The van der Waals surface area contributed by atoms with Gasteiger partial charge in [-0.05, 0) is 74.5 Å². The van der Waals surface area contributed by atoms with Gasteiger partial charge in [0, 0.05) is 39.7 Å². The maximum absolute atomic E-state index is 15.6. The Labute approximate surface area is 656 Å². The van der Waals surface area contributed by atoms with Crippen LogP contribution in [0.1, 0.15) is 158 Å². The van der Waals surface area contributed by atoms with E-state index in [0.717, 1.165) is 16.7 Å². The van der Waals surface area contributed by atoms with E-state index >= 15 is 33.6 Å². The van der Waals surface area contributed by atoms with Gasteiger partial charge in [-0.3, -0.25) is 81.8 Å². The number of aliphatic hydroxyl groups excluding tert-OH is 2. The van der Waals surface area contributed by atoms with E-state index < -0.39 is 228 Å². The van der Waals surface area contributed by atoms with Gasteiger partial charge in [-0.25, -0.2) is 9.48 Å². The first-order valence-corrected chi connectivity index (χ1v) is 39.8. The molecular weight excluding hydrogens is 1510 g/mol. The van der Waals surface area contributed by atoms with Gasteiger partial charge in [0.05, 0.1) is 31.6 Å². The minimum atomic E-state index is -2.11. The number of ether oxygens (including phenoxy) is 1. The predicted molar refractivity (Wildman–Crippen MR) is 406 cm³/mol. The maximum atomic E-state index is 15.6. The van der Waals surface area contributed by atoms with Crippen molar-refractivity contribution in [1.82, 2.24) is 93.5 Å². The summed E-state index contributed by atoms with van der Waals surface area (Å²) in [5, 5.41) is 55.3. The van der Waals surface area contributed by atoms with Crippen molar-refractivity contribution in [2.75, 3.05) is 53.0 Å². The van der Waals surface area contributed by atoms with E-state index in [1.54, 1.807) is 62.3 Å². The normalized spacial score (nSPS) is 28.1. The van der Waals surface area contributed by atoms with Gasteiger partial charge in [-0.1, -0.05) is 122 Å². The molecule has 3 saturated heterocycles. The molecule has 44 heteroatoms. The molecule has 0 saturated carbocycles. The van der Waals surface area contributed by atoms with Crippen LogP contribution in [0.15, 0.2) is 11.2 Å². The van der Waals surface area contributed by atoms with Crippen LogP contribution in [-0.2, 0) is 83.1 Å². The summed E-state index contributed by atoms with van der Waals surface area (Å²) in [4.78, 5) is 241. The number of aromatic nitrogens is 3. The van der Waals surface area contributed by atoms with Gasteiger partial charge in [-0.2, -0.15) is 0 Å². The number of carbonyl (C=O) groups is 16. The number of aliphatic hydroxyl groups is 2. The third kappa shape index (κ3) is 26.6. The molecular formula is C68H113N23O19S2. The molecule has 17 atom stereocenters. The van der Waals surface area contributed by atoms with Crippen molar-refractivity contribution in [3.63, 3.8) is 0 Å². The SMILES string of the molecule is CCCCN1C(=O)N[C@@H]([C@@H](C)CC)C(=O)N[C@H]2SS[C@H](NC(=O)[C@@H]([C@@H](C)CC)NC(=O)[C@H](OC)NC(=O)CNC(=O)[C@@H](N)n3cc(nn3)C[C@@H](C(N)=O)NC(=O)[C@@H]3CCCN3C(=O)[C@H]([C@@H](C)CC)NC2=O)C(=O)N[C@@H](CO)C(=O)N[C@@H](CCCN=C(N)N)C(=O)N[C@@H](CO)C(=O)N[C@@H](CC(C)(C)C)C(=O)N2CCC[C@H]2C1=O. The highest BCUT2D eigenvalue weighted by Crippen LogP contribution is 2.32. The molecule has 4 aliphatic heterocycles. The highest BCUT2D eigenvalue weighted by Gasteiger charge is 2.46. The van der Waals surface area contributed by atoms with Crippen molar-refractivity contribution in [2.24, 2.45) is 51.1 Å². The summed E-state index contributed by atoms with van der Waals surface area (Å²) in [5.41, 5.74) is 22.4. The second-order valence-corrected chi connectivity index (χ2v) is 31.8. The monoisotopic (exact) mass is 1620 g/mol. The van der Waals surface area contributed by atoms with Crippen LogP contribution in [0.4, 0.5) is 4.79 Å². The number of nitrogens with two attached hydrogens (primary N) is 4. The molecule has 0 unspecified atom stereocenters. The summed E-state index contributed by atoms with van der Waals surface area (Å²) in [5.74, 6) is -18.7. The number of fused-ring (bicyclic) bond motifs is 7. The fourth-order valence-corrected chi connectivity index (χ4v) is 14.8. The molecule has 22 N–H and O–H groups in total. The number of nitrogens with zero attached hydrogens (tertiary/aromatic N) is 7. The Bertz CT molecular complexity index is 3560. The molecule has 4 aliphatic rings. The summed E-state index contributed by atoms with van der Waals surface area (Å²) in [6.07, 6.45) is -1.62. The molecule has 1 aromatic rings. The average Bonchev–Trinajstić information content (AvgIpc) is 1.57. The van der Waals surface area contributed by atoms with Gasteiger partial charge in [0.25, 0.3) is 29.5 Å². The highest BCUT2D eigenvalue weighted by atomic mass is 33.1. The fraction of sp³-hybridized carbons (Fsp3) is 0.721. The molecule has 0 aromatic carbocycles. The van der Waals surface area contributed by atoms with Crippen molar-refractivity contribution in [2.45, 2.75) is 236 Å². The number of methoxy groups -OCH3 is 1. The van der Waals surface area contributed by atoms with Crippen molar-refractivity contribution in [1.29, 1.82) is 0 Å². The number of nitrogens with one attached hydrogen (secondary N) is 12. The first-order chi connectivity index (χ1) is 52.9. The molecule has 3 fully saturated rings. The second-order valence-electron chi connectivity index (χ2n) is 29.3. The molecule has 5 heterocycles. The largest absolute Gasteiger partial charge is 0.394 e. The first-order valence-electron chi connectivity index (χ1n) is 37.5. The Morgan fingerprint density at radius 1 is 0.598 bits per heavy atom. The van der Waals surface area contributed by atoms with E-state index in [0.29, 0.717) is 28.0 Å². The number of amides is 17. The van der Waals surface area contributed by atoms with Crippen molar-refractivity contribution >= 4 is 122 Å². The lowest BCUT2D eigenvalue weighted by Crippen LogP contribution is -2.62. The second kappa shape index (κ2) is 44.1. The lowest BCUT2D eigenvalue weighted by atomic mass is 9.87. The minimum absolute atomic E-state index is 0.00636. The summed E-state index contributed by atoms with van der Waals surface area (Å²) in [6, 6.07) is -17.2. The number of aliphatic imine (C=N–C) groups is 1. The Balaban J connectivity index is 1.77. The van der Waals surface area contributed by atoms with E-state index in [4.69, 9.17) is 27.7 Å². The standard InChI is InChI=1S/C68H113N23O19S2/c1-12-16-24-90-64(107)43-22-19-26-89(43)63(106)39(28-68(8,9)10)77-52(98)40(31-92)78-50(96)37(20-17-23-73-66(71)72)75-51(97)41(32-93)79-58(104)61-84-54(100)45(33(5)13-2)81-57(103)60(110-11)80-44(94)29-74-56(102)48(69)91-30-36(86-87-91)27-38(49(70)95)76-53(99)42-21-18-25-88(42)65(108)47(35(7)15-4)82-59(105)62(112-111-61)85-55(101)46(34(6)14-3)83-67(90)109/h30,33-35,37-43,45-48,60-62,92-93H,12-29,31-32,69H2,1-11H3,(H2,70,95)(H,74,102)(H,75,97)(H,76,99)(H,77,98)(H,78,96)(H,79,104)(H,80,94)(H,81,103)(H,82,105)(H,83,109)(H,84,100)(H,85,101)(H4,71,72,73)/t33-,34-,35-,37-,38-,39-,40-,41-,42-,43-,45+,46-,47-,48-,60-,61-,62-/m0/s1. The number of urea groups is 1. The van der Waals surface area contributed by atoms with Crippen LogP contribution in [-0.4, -0.2) is 271 Å². The van der Waals surface area contributed by atoms with Gasteiger partial charge in [-0.15, -0.1) is 5.10 Å². The molecule has 0 aliphatic carbocycles. The van der Waals surface area contributed by atoms with Gasteiger partial charge in [0.15, 0.2) is 22.9 Å². The molecule has 0 spiro atoms. The topological polar surface area (TPSA) is 624 Å². The summed E-state index contributed by atoms with van der Waals surface area (Å²) in [6.45, 7) is 13.1. The zero-order valence-corrected chi connectivity index (χ0v) is 66.8. The number of primary amides is 1. The van der Waals surface area contributed by atoms with E-state index in [1.165, 1.54) is 22.9 Å². The lowest BCUT2D eigenvalue weighted by molar-refractivity contribution is -0.145. The third-order valence-corrected chi connectivity index (χ3v) is 22.2. The summed E-state index contributed by atoms with van der Waals surface area (Å²) >= 11 is 0. The van der Waals surface area contributed by atoms with Crippen LogP contribution in [0.3, 0.4) is 0 Å². The highest BCUT2D eigenvalue weighted by molar-refractivity contribution is 8.77. The number of hydrogen-bond acceptors (Lipinski definition) is 25. The number of unbranched alkanes of at least 4 members (excludes halogenated alkanes) is 1. The van der Waals surface area contributed by atoms with Crippen LogP contribution in [0.5, 0.6) is 0 Å². The van der Waals surface area contributed by atoms with Gasteiger partial charge >= 0.3 is 6.03 Å². The Morgan fingerprint density at radius 2 is 1.11 bits per heavy atom. The van der Waals surface area contributed by atoms with Crippen molar-refractivity contribution < 1.29 is 91.7 Å². The van der Waals surface area contributed by atoms with Crippen LogP contribution >= 0.6 is 21.6 Å². The number of rotatable bonds is 18. The van der Waals surface area contributed by atoms with Crippen LogP contribution in [0, 0.1) is 23.2 Å². The average molecular weight is 1620 g/mol. The van der Waals surface area contributed by atoms with E-state index in [9.17, 15) is 53.4 Å². The van der Waals surface area contributed by atoms with Crippen LogP contribution < -0.4 is 86.7 Å². The zero-order chi connectivity index (χ0) is 83.6. The summed E-state index contributed by atoms with van der Waals surface area (Å²) < 4.78 is 6.18. The predicted octanol–water partition coefficient (Wildman–Crippen LogP) is -6.04. The maximum Gasteiger partial charge on any atom is 0.324 e. The number of carbonyl (C=O) groups excluding carboxylic acids is 16. The fourth-order valence-electron chi connectivity index (χ4n) is 12.4. The van der Waals surface area contributed by atoms with Crippen LogP contribution in [0.2, 0.25) is 0 Å². The molecule has 1 aromatic heterocycles. The molecule has 42 nitrogen and oxygen atoms in total. The Hall–Kier alpha value is -9.53. The number of hydrogen-bond donors (Lipinski definition) is 18. The van der Waals surface area contributed by atoms with Crippen molar-refractivity contribution in [3.05, 3.63) is 11.9 Å². The Kier molecular flexibility index (Phi) is 36.6. The number of guanidine groups is 1. The van der Waals surface area contributed by atoms with E-state index in [1.807, 2.05) is 0 Å². The third-order valence-electron chi connectivity index (χ3n) is 19.5. The lowest BCUT2D eigenvalue weighted by Gasteiger charge is -2.35. The number of imide groups is 1. The van der Waals surface area contributed by atoms with E-state index in [2.05, 4.69) is 79.1 Å². The quantitative estimate of drug-likeness (QED) is 0.0282. The first kappa shape index (κ1) is 93.1. The molecule has 5 rings (SSSR count). The van der Waals surface area contributed by atoms with Gasteiger partial charge < -0.3 is 111 Å².